The van der Waals surface area contributed by atoms with Crippen LogP contribution in [0.15, 0.2) is 53.1 Å². The maximum atomic E-state index is 13.0. The number of piperidine rings is 1. The fourth-order valence-corrected chi connectivity index (χ4v) is 4.81. The predicted octanol–water partition coefficient (Wildman–Crippen LogP) is 3.92. The minimum atomic E-state index is -0.236. The lowest BCUT2D eigenvalue weighted by Gasteiger charge is -2.32. The second-order valence-electron chi connectivity index (χ2n) is 8.34. The summed E-state index contributed by atoms with van der Waals surface area (Å²) in [5.41, 5.74) is 1.15. The average Bonchev–Trinajstić information content (AvgIpc) is 3.55. The normalized spacial score (nSPS) is 15.8. The van der Waals surface area contributed by atoms with E-state index in [2.05, 4.69) is 16.5 Å². The summed E-state index contributed by atoms with van der Waals surface area (Å²) < 4.78 is 15.2. The topological polar surface area (TPSA) is 88.8 Å². The number of carbonyl (C=O) groups is 2. The summed E-state index contributed by atoms with van der Waals surface area (Å²) in [6.45, 7) is 4.25. The fourth-order valence-electron chi connectivity index (χ4n) is 4.10. The Hall–Kier alpha value is -3.20. The van der Waals surface area contributed by atoms with E-state index in [1.165, 1.54) is 11.5 Å². The molecule has 0 N–H and O–H groups in total. The molecule has 1 unspecified atom stereocenters. The van der Waals surface area contributed by atoms with Crippen LogP contribution >= 0.6 is 11.5 Å². The minimum Gasteiger partial charge on any atom is -0.467 e. The van der Waals surface area contributed by atoms with E-state index in [0.717, 1.165) is 35.1 Å². The third-order valence-electron chi connectivity index (χ3n) is 5.85. The van der Waals surface area contributed by atoms with Crippen molar-refractivity contribution < 1.29 is 18.7 Å². The van der Waals surface area contributed by atoms with Crippen molar-refractivity contribution in [2.24, 2.45) is 5.92 Å². The van der Waals surface area contributed by atoms with Crippen molar-refractivity contribution in [3.63, 3.8) is 0 Å². The lowest BCUT2D eigenvalue weighted by molar-refractivity contribution is -0.151. The molecule has 9 heteroatoms. The van der Waals surface area contributed by atoms with Crippen molar-refractivity contribution in [3.05, 3.63) is 65.9 Å². The van der Waals surface area contributed by atoms with E-state index in [4.69, 9.17) is 14.1 Å². The van der Waals surface area contributed by atoms with Crippen molar-refractivity contribution >= 4 is 28.5 Å². The van der Waals surface area contributed by atoms with Crippen LogP contribution in [0.5, 0.6) is 0 Å². The molecule has 180 valence electrons. The van der Waals surface area contributed by atoms with Crippen LogP contribution in [0.2, 0.25) is 0 Å². The number of nitrogens with zero attached hydrogens (tertiary/aromatic N) is 4. The lowest BCUT2D eigenvalue weighted by Crippen LogP contribution is -2.43. The Kier molecular flexibility index (Phi) is 8.30. The molecule has 1 aliphatic rings. The molecule has 34 heavy (non-hydrogen) atoms. The third-order valence-corrected chi connectivity index (χ3v) is 6.66. The molecule has 0 aliphatic carbocycles. The lowest BCUT2D eigenvalue weighted by atomic mass is 9.98. The second-order valence-corrected chi connectivity index (χ2v) is 9.07. The summed E-state index contributed by atoms with van der Waals surface area (Å²) >= 11 is 1.33. The highest BCUT2D eigenvalue weighted by atomic mass is 32.1. The van der Waals surface area contributed by atoms with Crippen molar-refractivity contribution in [1.29, 1.82) is 0 Å². The summed E-state index contributed by atoms with van der Waals surface area (Å²) in [5.74, 6) is 1.15. The third kappa shape index (κ3) is 6.44. The van der Waals surface area contributed by atoms with Gasteiger partial charge >= 0.3 is 5.97 Å². The van der Waals surface area contributed by atoms with Gasteiger partial charge in [0.2, 0.25) is 11.0 Å². The molecular weight excluding hydrogens is 452 g/mol. The number of rotatable bonds is 10. The van der Waals surface area contributed by atoms with Gasteiger partial charge in [0.25, 0.3) is 0 Å². The van der Waals surface area contributed by atoms with Gasteiger partial charge in [-0.3, -0.25) is 9.59 Å². The average molecular weight is 483 g/mol. The van der Waals surface area contributed by atoms with Gasteiger partial charge in [0.1, 0.15) is 11.6 Å². The van der Waals surface area contributed by atoms with E-state index in [-0.39, 0.29) is 17.8 Å². The van der Waals surface area contributed by atoms with Crippen molar-refractivity contribution in [2.45, 2.75) is 39.2 Å². The van der Waals surface area contributed by atoms with Gasteiger partial charge < -0.3 is 19.0 Å². The molecule has 1 aromatic carbocycles. The molecule has 0 radical (unpaired) electrons. The molecule has 0 bridgehead atoms. The maximum Gasteiger partial charge on any atom is 0.310 e. The number of benzene rings is 1. The number of ether oxygens (including phenoxy) is 1. The van der Waals surface area contributed by atoms with Crippen LogP contribution in [0.4, 0.5) is 5.13 Å². The molecule has 8 nitrogen and oxygen atoms in total. The molecule has 1 atom stereocenters. The highest BCUT2D eigenvalue weighted by Crippen LogP contribution is 2.23. The van der Waals surface area contributed by atoms with E-state index in [1.807, 2.05) is 35.2 Å². The number of furan rings is 1. The molecule has 3 aromatic rings. The largest absolute Gasteiger partial charge is 0.467 e. The van der Waals surface area contributed by atoms with Gasteiger partial charge in [-0.15, -0.1) is 0 Å². The monoisotopic (exact) mass is 482 g/mol. The van der Waals surface area contributed by atoms with Crippen LogP contribution in [0.1, 0.15) is 43.3 Å². The molecule has 0 spiro atoms. The molecule has 1 fully saturated rings. The Morgan fingerprint density at radius 2 is 2.09 bits per heavy atom. The Balaban J connectivity index is 1.39. The van der Waals surface area contributed by atoms with Gasteiger partial charge in [0.15, 0.2) is 0 Å². The first-order chi connectivity index (χ1) is 16.6. The van der Waals surface area contributed by atoms with Gasteiger partial charge in [0, 0.05) is 44.0 Å². The Labute approximate surface area is 203 Å². The predicted molar refractivity (Wildman–Crippen MR) is 129 cm³/mol. The summed E-state index contributed by atoms with van der Waals surface area (Å²) in [7, 11) is 0. The SMILES string of the molecule is CCOC(=O)C1CCCN(C(=O)CCN(Cc2ccco2)c2nc(Cc3ccccc3)ns2)C1. The molecule has 4 rings (SSSR count). The van der Waals surface area contributed by atoms with E-state index < -0.39 is 0 Å². The van der Waals surface area contributed by atoms with Crippen LogP contribution in [-0.4, -0.2) is 52.4 Å². The first kappa shape index (κ1) is 23.9. The number of carbonyl (C=O) groups excluding carboxylic acids is 2. The number of likely N-dealkylation sites (tertiary alicyclic amines) is 1. The molecular formula is C25H30N4O4S. The van der Waals surface area contributed by atoms with Crippen LogP contribution in [0, 0.1) is 5.92 Å². The van der Waals surface area contributed by atoms with Crippen LogP contribution in [0.3, 0.4) is 0 Å². The molecule has 0 saturated carbocycles. The van der Waals surface area contributed by atoms with Gasteiger partial charge in [0.05, 0.1) is 25.3 Å². The number of amides is 1. The highest BCUT2D eigenvalue weighted by molar-refractivity contribution is 7.09. The zero-order chi connectivity index (χ0) is 23.8. The van der Waals surface area contributed by atoms with Crippen molar-refractivity contribution in [3.8, 4) is 0 Å². The van der Waals surface area contributed by atoms with E-state index in [1.54, 1.807) is 18.1 Å². The van der Waals surface area contributed by atoms with Crippen LogP contribution in [0.25, 0.3) is 0 Å². The number of esters is 1. The zero-order valence-electron chi connectivity index (χ0n) is 19.4. The Morgan fingerprint density at radius 1 is 1.24 bits per heavy atom. The molecule has 1 aliphatic heterocycles. The highest BCUT2D eigenvalue weighted by Gasteiger charge is 2.29. The molecule has 1 saturated heterocycles. The van der Waals surface area contributed by atoms with Gasteiger partial charge in [-0.05, 0) is 37.5 Å². The Bertz CT molecular complexity index is 1050. The summed E-state index contributed by atoms with van der Waals surface area (Å²) in [6, 6.07) is 13.9. The van der Waals surface area contributed by atoms with Crippen LogP contribution < -0.4 is 4.90 Å². The molecule has 1 amide bonds. The number of hydrogen-bond donors (Lipinski definition) is 0. The van der Waals surface area contributed by atoms with E-state index >= 15 is 0 Å². The number of aromatic nitrogens is 2. The first-order valence-electron chi connectivity index (χ1n) is 11.7. The van der Waals surface area contributed by atoms with Crippen molar-refractivity contribution in [1.82, 2.24) is 14.3 Å². The van der Waals surface area contributed by atoms with Gasteiger partial charge in [-0.25, -0.2) is 4.98 Å². The summed E-state index contributed by atoms with van der Waals surface area (Å²) in [4.78, 5) is 33.7. The first-order valence-corrected chi connectivity index (χ1v) is 12.5. The van der Waals surface area contributed by atoms with E-state index in [0.29, 0.717) is 45.6 Å². The fraction of sp³-hybridized carbons (Fsp3) is 0.440. The standard InChI is InChI=1S/C25H30N4O4S/c1-2-32-24(31)20-10-6-13-28(17-20)23(30)12-14-29(18-21-11-7-15-33-21)25-26-22(27-34-25)16-19-8-4-3-5-9-19/h3-5,7-9,11,15,20H,2,6,10,12-14,16-18H2,1H3. The summed E-state index contributed by atoms with van der Waals surface area (Å²) in [5, 5.41) is 0.762. The second kappa shape index (κ2) is 11.8. The minimum absolute atomic E-state index is 0.0347. The molecule has 3 heterocycles. The Morgan fingerprint density at radius 3 is 2.85 bits per heavy atom. The van der Waals surface area contributed by atoms with Crippen LogP contribution in [-0.2, 0) is 27.3 Å². The summed E-state index contributed by atoms with van der Waals surface area (Å²) in [6.07, 6.45) is 4.20. The van der Waals surface area contributed by atoms with Crippen molar-refractivity contribution in [2.75, 3.05) is 31.1 Å². The quantitative estimate of drug-likeness (QED) is 0.405. The maximum absolute atomic E-state index is 13.0. The smallest absolute Gasteiger partial charge is 0.310 e. The van der Waals surface area contributed by atoms with Gasteiger partial charge in [-0.1, -0.05) is 30.3 Å². The number of anilines is 1. The number of hydrogen-bond acceptors (Lipinski definition) is 8. The van der Waals surface area contributed by atoms with Gasteiger partial charge in [-0.2, -0.15) is 4.37 Å². The zero-order valence-corrected chi connectivity index (χ0v) is 20.2. The molecule has 2 aromatic heterocycles. The van der Waals surface area contributed by atoms with E-state index in [9.17, 15) is 9.59 Å².